The molecule has 0 bridgehead atoms. The van der Waals surface area contributed by atoms with Gasteiger partial charge in [-0.2, -0.15) is 0 Å². The summed E-state index contributed by atoms with van der Waals surface area (Å²) in [6.07, 6.45) is 0.553. The molecule has 0 radical (unpaired) electrons. The SMILES string of the molecule is CC(C)(C)CC(C)(C)P(C)(=O)CC(=O)O. The summed E-state index contributed by atoms with van der Waals surface area (Å²) in [4.78, 5) is 10.7. The zero-order chi connectivity index (χ0) is 12.5. The number of carboxylic acids is 1. The van der Waals surface area contributed by atoms with Crippen LogP contribution in [0.2, 0.25) is 0 Å². The molecule has 1 N–H and O–H groups in total. The molecule has 0 aromatic rings. The number of rotatable bonds is 4. The second-order valence-corrected chi connectivity index (χ2v) is 9.93. The van der Waals surface area contributed by atoms with Crippen molar-refractivity contribution in [3.8, 4) is 0 Å². The molecule has 90 valence electrons. The topological polar surface area (TPSA) is 54.4 Å². The van der Waals surface area contributed by atoms with Crippen molar-refractivity contribution in [2.45, 2.75) is 46.2 Å². The monoisotopic (exact) mass is 234 g/mol. The zero-order valence-electron chi connectivity index (χ0n) is 10.6. The van der Waals surface area contributed by atoms with E-state index in [-0.39, 0.29) is 11.6 Å². The molecule has 0 saturated heterocycles. The van der Waals surface area contributed by atoms with Crippen molar-refractivity contribution in [2.75, 3.05) is 12.8 Å². The van der Waals surface area contributed by atoms with Gasteiger partial charge in [-0.05, 0) is 18.5 Å². The highest BCUT2D eigenvalue weighted by Gasteiger charge is 2.40. The van der Waals surface area contributed by atoms with E-state index >= 15 is 0 Å². The van der Waals surface area contributed by atoms with Gasteiger partial charge in [0, 0.05) is 5.16 Å². The van der Waals surface area contributed by atoms with E-state index < -0.39 is 18.3 Å². The predicted octanol–water partition coefficient (Wildman–Crippen LogP) is 3.28. The van der Waals surface area contributed by atoms with Crippen molar-refractivity contribution < 1.29 is 14.5 Å². The molecule has 0 aliphatic heterocycles. The Balaban J connectivity index is 4.85. The van der Waals surface area contributed by atoms with Crippen LogP contribution in [0.3, 0.4) is 0 Å². The van der Waals surface area contributed by atoms with E-state index in [1.54, 1.807) is 6.66 Å². The molecule has 1 unspecified atom stereocenters. The van der Waals surface area contributed by atoms with Crippen molar-refractivity contribution in [1.29, 1.82) is 0 Å². The van der Waals surface area contributed by atoms with E-state index in [4.69, 9.17) is 5.11 Å². The Labute approximate surface area is 92.6 Å². The van der Waals surface area contributed by atoms with Gasteiger partial charge in [0.25, 0.3) is 0 Å². The fourth-order valence-corrected chi connectivity index (χ4v) is 3.69. The van der Waals surface area contributed by atoms with Crippen molar-refractivity contribution >= 4 is 13.1 Å². The molecule has 0 amide bonds. The van der Waals surface area contributed by atoms with Gasteiger partial charge >= 0.3 is 5.97 Å². The van der Waals surface area contributed by atoms with Crippen LogP contribution in [0.25, 0.3) is 0 Å². The van der Waals surface area contributed by atoms with E-state index in [0.717, 1.165) is 6.42 Å². The first-order valence-electron chi connectivity index (χ1n) is 5.16. The third kappa shape index (κ3) is 4.83. The highest BCUT2D eigenvalue weighted by molar-refractivity contribution is 7.65. The second-order valence-electron chi connectivity index (χ2n) is 6.20. The summed E-state index contributed by atoms with van der Waals surface area (Å²) in [5.41, 5.74) is 0.0632. The second kappa shape index (κ2) is 4.29. The Hall–Kier alpha value is -0.300. The van der Waals surface area contributed by atoms with Crippen LogP contribution in [0.1, 0.15) is 41.0 Å². The third-order valence-electron chi connectivity index (χ3n) is 2.68. The summed E-state index contributed by atoms with van der Waals surface area (Å²) < 4.78 is 12.3. The van der Waals surface area contributed by atoms with Gasteiger partial charge < -0.3 is 9.67 Å². The molecule has 15 heavy (non-hydrogen) atoms. The van der Waals surface area contributed by atoms with Gasteiger partial charge in [0.05, 0.1) is 6.16 Å². The smallest absolute Gasteiger partial charge is 0.310 e. The van der Waals surface area contributed by atoms with Crippen LogP contribution in [0.15, 0.2) is 0 Å². The molecule has 3 nitrogen and oxygen atoms in total. The van der Waals surface area contributed by atoms with Crippen LogP contribution < -0.4 is 0 Å². The Kier molecular flexibility index (Phi) is 4.20. The minimum atomic E-state index is -2.65. The van der Waals surface area contributed by atoms with E-state index in [0.29, 0.717) is 0 Å². The molecule has 0 saturated carbocycles. The molecule has 0 heterocycles. The van der Waals surface area contributed by atoms with Crippen LogP contribution in [-0.2, 0) is 9.36 Å². The maximum absolute atomic E-state index is 12.3. The quantitative estimate of drug-likeness (QED) is 0.759. The van der Waals surface area contributed by atoms with E-state index in [9.17, 15) is 9.36 Å². The molecule has 4 heteroatoms. The van der Waals surface area contributed by atoms with Gasteiger partial charge in [-0.3, -0.25) is 4.79 Å². The van der Waals surface area contributed by atoms with Crippen LogP contribution in [0.4, 0.5) is 0 Å². The summed E-state index contributed by atoms with van der Waals surface area (Å²) in [7, 11) is -2.65. The first-order valence-corrected chi connectivity index (χ1v) is 7.50. The molecule has 0 aliphatic rings. The lowest BCUT2D eigenvalue weighted by Gasteiger charge is -2.36. The lowest BCUT2D eigenvalue weighted by molar-refractivity contribution is -0.134. The van der Waals surface area contributed by atoms with Crippen molar-refractivity contribution in [1.82, 2.24) is 0 Å². The van der Waals surface area contributed by atoms with Gasteiger partial charge in [0.15, 0.2) is 0 Å². The summed E-state index contributed by atoms with van der Waals surface area (Å²) in [5, 5.41) is 8.33. The van der Waals surface area contributed by atoms with Crippen molar-refractivity contribution in [3.63, 3.8) is 0 Å². The van der Waals surface area contributed by atoms with Crippen LogP contribution >= 0.6 is 7.14 Å². The number of aliphatic carboxylic acids is 1. The first-order chi connectivity index (χ1) is 6.37. The maximum Gasteiger partial charge on any atom is 0.310 e. The molecule has 0 aliphatic carbocycles. The predicted molar refractivity (Wildman–Crippen MR) is 64.2 cm³/mol. The normalized spacial score (nSPS) is 17.2. The van der Waals surface area contributed by atoms with Crippen LogP contribution in [0, 0.1) is 5.41 Å². The van der Waals surface area contributed by atoms with Gasteiger partial charge in [0.2, 0.25) is 0 Å². The average molecular weight is 234 g/mol. The summed E-state index contributed by atoms with van der Waals surface area (Å²) in [6, 6.07) is 0. The Morgan fingerprint density at radius 3 is 1.87 bits per heavy atom. The van der Waals surface area contributed by atoms with Gasteiger partial charge in [-0.15, -0.1) is 0 Å². The van der Waals surface area contributed by atoms with E-state index in [1.165, 1.54) is 0 Å². The molecule has 0 aromatic carbocycles. The summed E-state index contributed by atoms with van der Waals surface area (Å²) in [5.74, 6) is -0.970. The van der Waals surface area contributed by atoms with E-state index in [2.05, 4.69) is 20.8 Å². The standard InChI is InChI=1S/C11H23O3P/c1-10(2,3)8-11(4,5)15(6,14)7-9(12)13/h7-8H2,1-6H3,(H,12,13). The number of hydrogen-bond acceptors (Lipinski definition) is 2. The summed E-state index contributed by atoms with van der Waals surface area (Å²) in [6.45, 7) is 11.7. The maximum atomic E-state index is 12.3. The summed E-state index contributed by atoms with van der Waals surface area (Å²) >= 11 is 0. The van der Waals surface area contributed by atoms with Gasteiger partial charge in [-0.1, -0.05) is 34.6 Å². The zero-order valence-corrected chi connectivity index (χ0v) is 11.5. The van der Waals surface area contributed by atoms with Crippen molar-refractivity contribution in [2.24, 2.45) is 5.41 Å². The molecule has 0 aromatic heterocycles. The van der Waals surface area contributed by atoms with Crippen LogP contribution in [0.5, 0.6) is 0 Å². The minimum absolute atomic E-state index is 0.0632. The molecular weight excluding hydrogens is 211 g/mol. The lowest BCUT2D eigenvalue weighted by atomic mass is 9.86. The molecule has 0 spiro atoms. The average Bonchev–Trinajstić information content (AvgIpc) is 1.75. The molecule has 0 rings (SSSR count). The molecule has 1 atom stereocenters. The lowest BCUT2D eigenvalue weighted by Crippen LogP contribution is -2.29. The Morgan fingerprint density at radius 2 is 1.60 bits per heavy atom. The molecular formula is C11H23O3P. The fraction of sp³-hybridized carbons (Fsp3) is 0.909. The number of hydrogen-bond donors (Lipinski definition) is 1. The van der Waals surface area contributed by atoms with E-state index in [1.807, 2.05) is 13.8 Å². The Bertz CT molecular complexity index is 287. The third-order valence-corrected chi connectivity index (χ3v) is 6.27. The highest BCUT2D eigenvalue weighted by atomic mass is 31.2. The largest absolute Gasteiger partial charge is 0.481 e. The van der Waals surface area contributed by atoms with Gasteiger partial charge in [-0.25, -0.2) is 0 Å². The highest BCUT2D eigenvalue weighted by Crippen LogP contribution is 2.58. The molecule has 0 fully saturated rings. The number of carboxylic acid groups (broad SMARTS) is 1. The van der Waals surface area contributed by atoms with Crippen LogP contribution in [-0.4, -0.2) is 29.1 Å². The minimum Gasteiger partial charge on any atom is -0.481 e. The van der Waals surface area contributed by atoms with Gasteiger partial charge in [0.1, 0.15) is 7.14 Å². The fourth-order valence-electron chi connectivity index (χ4n) is 1.94. The van der Waals surface area contributed by atoms with Crippen molar-refractivity contribution in [3.05, 3.63) is 0 Å². The number of carbonyl (C=O) groups is 1. The Morgan fingerprint density at radius 1 is 1.20 bits per heavy atom. The first kappa shape index (κ1) is 14.7.